The fourth-order valence-corrected chi connectivity index (χ4v) is 10.5. The van der Waals surface area contributed by atoms with Gasteiger partial charge in [-0.3, -0.25) is 18.4 Å². The SMILES string of the molecule is O=C([O-])c1nn(-c2ccc(S(=O)(=O)CCOS(=O)(=O)[O-])cc2)c(O)c1N=Nc1ccc(-c2ccc(N=Nc3c(OS(=O)(=O)[O-])nn(-c4ccc(S(=O)(=O)CCOSOO[O-])cc4)c3O)cc2S(=O)(=O)[O-])c(SOO[O-])c1.[GeH6-2].[Na+].[Na+].[Na+].[Na+].[Na+].[Na+]. The van der Waals surface area contributed by atoms with E-state index in [-0.39, 0.29) is 252 Å². The van der Waals surface area contributed by atoms with Gasteiger partial charge in [-0.25, -0.2) is 42.1 Å². The molecule has 48 heteroatoms. The molecule has 0 aliphatic rings. The van der Waals surface area contributed by atoms with Crippen LogP contribution in [0.5, 0.6) is 17.6 Å². The van der Waals surface area contributed by atoms with E-state index >= 15 is 0 Å². The molecule has 2 aromatic heterocycles. The predicted molar refractivity (Wildman–Crippen MR) is 251 cm³/mol. The van der Waals surface area contributed by atoms with E-state index in [0.29, 0.717) is 15.4 Å². The molecule has 2 heterocycles. The first-order chi connectivity index (χ1) is 35.6. The number of hydrogen-bond acceptors (Lipinski definition) is 34. The van der Waals surface area contributed by atoms with Gasteiger partial charge in [0.05, 0.1) is 80.2 Å². The molecule has 0 amide bonds. The van der Waals surface area contributed by atoms with Crippen molar-refractivity contribution >= 4 is 121 Å². The van der Waals surface area contributed by atoms with Gasteiger partial charge in [0.1, 0.15) is 15.8 Å². The fraction of sp³-hybridized carbons (Fsp3) is 0.114. The van der Waals surface area contributed by atoms with Gasteiger partial charge in [-0.2, -0.15) is 29.0 Å². The molecule has 83 heavy (non-hydrogen) atoms. The summed E-state index contributed by atoms with van der Waals surface area (Å²) in [4.78, 5) is 10.0. The number of hydrogen-bond donors (Lipinski definition) is 2. The number of rotatable bonds is 26. The summed E-state index contributed by atoms with van der Waals surface area (Å²) in [6.45, 7) is -1.46. The van der Waals surface area contributed by atoms with Crippen LogP contribution in [-0.2, 0) is 77.7 Å². The van der Waals surface area contributed by atoms with E-state index < -0.39 is 137 Å². The van der Waals surface area contributed by atoms with Gasteiger partial charge in [0, 0.05) is 10.5 Å². The van der Waals surface area contributed by atoms with Gasteiger partial charge in [0.25, 0.3) is 16.3 Å². The Balaban J connectivity index is 0. The van der Waals surface area contributed by atoms with Gasteiger partial charge in [0.2, 0.25) is 27.8 Å². The van der Waals surface area contributed by atoms with Crippen LogP contribution in [-0.4, -0.2) is 134 Å². The maximum Gasteiger partial charge on any atom is 1.00 e. The summed E-state index contributed by atoms with van der Waals surface area (Å²) in [5.74, 6) is -6.80. The number of carboxylic acid groups (broad SMARTS) is 1. The monoisotopic (exact) mass is 1410 g/mol. The predicted octanol–water partition coefficient (Wildman–Crippen LogP) is -19.8. The maximum atomic E-state index is 12.7. The first-order valence-electron chi connectivity index (χ1n) is 19.4. The number of nitrogens with zero attached hydrogens (tertiary/aromatic N) is 8. The average Bonchev–Trinajstić information content (AvgIpc) is 3.84. The van der Waals surface area contributed by atoms with Crippen molar-refractivity contribution in [1.29, 1.82) is 0 Å². The third-order valence-electron chi connectivity index (χ3n) is 9.19. The smallest absolute Gasteiger partial charge is 1.00 e. The number of carbonyl (C=O) groups is 1. The van der Waals surface area contributed by atoms with Gasteiger partial charge in [-0.1, -0.05) is 12.1 Å². The van der Waals surface area contributed by atoms with Crippen LogP contribution in [0.3, 0.4) is 0 Å². The topological polar surface area (TPSA) is 516 Å². The van der Waals surface area contributed by atoms with Gasteiger partial charge >= 0.3 is 195 Å². The summed E-state index contributed by atoms with van der Waals surface area (Å²) >= 11 is 0.202. The van der Waals surface area contributed by atoms with E-state index in [9.17, 15) is 86.4 Å². The molecule has 0 aliphatic carbocycles. The van der Waals surface area contributed by atoms with Crippen LogP contribution in [0.4, 0.5) is 22.7 Å². The quantitative estimate of drug-likeness (QED) is 0.00744. The Labute approximate surface area is 621 Å². The first-order valence-corrected chi connectivity index (χ1v) is 28.1. The summed E-state index contributed by atoms with van der Waals surface area (Å²) in [5.41, 5.74) is -4.53. The summed E-state index contributed by atoms with van der Waals surface area (Å²) in [6, 6.07) is 14.1. The largest absolute Gasteiger partial charge is 1.00 e. The number of aromatic nitrogens is 4. The molecule has 2 N–H and O–H groups in total. The maximum absolute atomic E-state index is 12.7. The second-order valence-electron chi connectivity index (χ2n) is 13.9. The Morgan fingerprint density at radius 2 is 1.06 bits per heavy atom. The summed E-state index contributed by atoms with van der Waals surface area (Å²) < 4.78 is 178. The molecule has 0 fully saturated rings. The van der Waals surface area contributed by atoms with Crippen LogP contribution in [0.15, 0.2) is 125 Å². The molecule has 34 nitrogen and oxygen atoms in total. The Hall–Kier alpha value is -0.0771. The molecule has 0 saturated carbocycles. The van der Waals surface area contributed by atoms with Gasteiger partial charge < -0.3 is 48.5 Å². The zero-order chi connectivity index (χ0) is 55.8. The fourth-order valence-electron chi connectivity index (χ4n) is 6.03. The number of carbonyl (C=O) groups excluding carboxylic acids is 1. The summed E-state index contributed by atoms with van der Waals surface area (Å²) in [5, 5.41) is 83.5. The van der Waals surface area contributed by atoms with Gasteiger partial charge in [0.15, 0.2) is 37.7 Å². The molecule has 0 bridgehead atoms. The Morgan fingerprint density at radius 3 is 1.54 bits per heavy atom. The molecule has 0 radical (unpaired) electrons. The second-order valence-corrected chi connectivity index (χ2v) is 22.8. The minimum Gasteiger partial charge on any atom is 1.00 e. The number of carboxylic acids is 1. The van der Waals surface area contributed by atoms with E-state index in [4.69, 9.17) is 4.18 Å². The van der Waals surface area contributed by atoms with Crippen molar-refractivity contribution in [2.45, 2.75) is 19.6 Å². The molecule has 0 unspecified atom stereocenters. The van der Waals surface area contributed by atoms with E-state index in [1.54, 1.807) is 0 Å². The van der Waals surface area contributed by atoms with E-state index in [1.165, 1.54) is 0 Å². The van der Waals surface area contributed by atoms with Crippen molar-refractivity contribution in [1.82, 2.24) is 19.6 Å². The van der Waals surface area contributed by atoms with Crippen molar-refractivity contribution in [2.24, 2.45) is 20.5 Å². The Kier molecular flexibility index (Phi) is 38.2. The average molecular weight is 1410 g/mol. The van der Waals surface area contributed by atoms with Gasteiger partial charge in [-0.05, 0) is 78.4 Å². The molecule has 0 atom stereocenters. The van der Waals surface area contributed by atoms with Crippen LogP contribution in [0.1, 0.15) is 10.5 Å². The molecule has 0 saturated heterocycles. The standard InChI is InChI=1S/C35H30N8O26S7.GeH6.6Na/c44-33-29(30(35(46)47)40-42(33)21-3-7-24(8-4-21)73(52,53)16-14-64-75(57,58)59)38-36-19-1-11-25(27(17-19)70-68-66-48)26-12-2-20(18-28(26)74(54,55)56)37-39-31-32(65-76(60,61)62)41-43(34(31)45)22-5-9-23(10-6-22)72(50,51)15-13-63-71-69-67-49;;;;;;;/h1-12,17-18,44-45,48-49H,13-16H2,(H,46,47)(H,54,55,56)(H,57,58,59)(H,60,61,62);1H6;;;;;;/q;-2;6*+1/p-6. The summed E-state index contributed by atoms with van der Waals surface area (Å²) in [6.07, 6.45) is 0. The van der Waals surface area contributed by atoms with Crippen LogP contribution in [0.25, 0.3) is 22.5 Å². The Bertz CT molecular complexity index is 3820. The molecular formula is C35H30GeN8Na6O26S7-2. The van der Waals surface area contributed by atoms with Crippen molar-refractivity contribution in [3.8, 4) is 40.1 Å². The van der Waals surface area contributed by atoms with Crippen molar-refractivity contribution in [3.63, 3.8) is 0 Å². The molecule has 0 aliphatic heterocycles. The molecule has 6 aromatic rings. The zero-order valence-corrected chi connectivity index (χ0v) is 60.3. The number of benzene rings is 4. The minimum absolute atomic E-state index is 0. The molecule has 0 spiro atoms. The molecule has 6 rings (SSSR count). The van der Waals surface area contributed by atoms with Crippen molar-refractivity contribution in [3.05, 3.63) is 90.6 Å². The normalized spacial score (nSPS) is 11.7. The van der Waals surface area contributed by atoms with E-state index in [0.717, 1.165) is 78.9 Å². The number of sulfone groups is 2. The second kappa shape index (κ2) is 37.3. The minimum atomic E-state index is -5.65. The number of aromatic carboxylic acids is 1. The molecular weight excluding hydrogens is 1380 g/mol. The van der Waals surface area contributed by atoms with Crippen LogP contribution in [0, 0.1) is 0 Å². The molecule has 4 aromatic carbocycles. The van der Waals surface area contributed by atoms with Crippen LogP contribution >= 0.6 is 24.4 Å². The zero-order valence-electron chi connectivity index (χ0n) is 42.5. The Morgan fingerprint density at radius 1 is 0.590 bits per heavy atom. The third-order valence-corrected chi connectivity index (χ3v) is 15.3. The van der Waals surface area contributed by atoms with E-state index in [1.807, 2.05) is 0 Å². The molecule has 420 valence electrons. The van der Waals surface area contributed by atoms with Crippen molar-refractivity contribution < 1.29 is 295 Å². The van der Waals surface area contributed by atoms with Crippen molar-refractivity contribution in [2.75, 3.05) is 24.7 Å². The van der Waals surface area contributed by atoms with E-state index in [2.05, 4.69) is 57.8 Å². The first kappa shape index (κ1) is 85.0. The summed E-state index contributed by atoms with van der Waals surface area (Å²) in [7, 11) is -24.6. The van der Waals surface area contributed by atoms with Crippen LogP contribution < -0.4 is 197 Å². The number of azo groups is 2. The third kappa shape index (κ3) is 24.2. The number of aromatic hydroxyl groups is 2. The van der Waals surface area contributed by atoms with Crippen LogP contribution in [0.2, 0.25) is 0 Å². The van der Waals surface area contributed by atoms with Gasteiger partial charge in [-0.15, -0.1) is 19.7 Å².